The molecule has 0 saturated heterocycles. The lowest BCUT2D eigenvalue weighted by molar-refractivity contribution is 0.141. The van der Waals surface area contributed by atoms with Crippen molar-refractivity contribution < 1.29 is 17.9 Å². The van der Waals surface area contributed by atoms with E-state index in [0.717, 1.165) is 25.7 Å². The van der Waals surface area contributed by atoms with E-state index in [1.807, 2.05) is 20.9 Å². The lowest BCUT2D eigenvalue weighted by Gasteiger charge is -2.28. The van der Waals surface area contributed by atoms with Gasteiger partial charge in [-0.1, -0.05) is 13.8 Å². The van der Waals surface area contributed by atoms with Crippen LogP contribution in [0.15, 0.2) is 41.5 Å². The van der Waals surface area contributed by atoms with Crippen LogP contribution in [0.1, 0.15) is 45.1 Å². The molecule has 1 aliphatic rings. The Morgan fingerprint density at radius 2 is 1.72 bits per heavy atom. The first-order chi connectivity index (χ1) is 15.4. The first kappa shape index (κ1) is 23.8. The van der Waals surface area contributed by atoms with Crippen LogP contribution < -0.4 is 15.6 Å². The molecule has 0 aliphatic heterocycles. The van der Waals surface area contributed by atoms with Crippen molar-refractivity contribution in [3.8, 4) is 5.75 Å². The maximum atomic E-state index is 14.1. The monoisotopic (exact) mass is 447 g/mol. The molecule has 3 aromatic rings. The smallest absolute Gasteiger partial charge is 0.280 e. The zero-order valence-electron chi connectivity index (χ0n) is 18.5. The fourth-order valence-corrected chi connectivity index (χ4v) is 3.95. The standard InChI is InChI=1S/C22H22F3N3O2.C2H6/c1-26-14-2-4-15(5-3-14)30-16-6-7-21-17(10-16)22(29)27-12-28(21)11-18-19(24)8-13(23)9-20(18)25;1-2/h6-10,12,14-15,26H,2-5,11H2,1H3;1-2H3. The van der Waals surface area contributed by atoms with Gasteiger partial charge in [0.15, 0.2) is 0 Å². The fraction of sp³-hybridized carbons (Fsp3) is 0.417. The van der Waals surface area contributed by atoms with E-state index in [0.29, 0.717) is 34.8 Å². The molecule has 2 aromatic carbocycles. The Labute approximate surface area is 185 Å². The number of ether oxygens (including phenoxy) is 1. The molecular formula is C24H28F3N3O2. The highest BCUT2D eigenvalue weighted by atomic mass is 19.1. The van der Waals surface area contributed by atoms with Gasteiger partial charge in [-0.15, -0.1) is 0 Å². The summed E-state index contributed by atoms with van der Waals surface area (Å²) in [6, 6.07) is 6.79. The maximum absolute atomic E-state index is 14.1. The quantitative estimate of drug-likeness (QED) is 0.611. The van der Waals surface area contributed by atoms with Crippen molar-refractivity contribution in [1.29, 1.82) is 0 Å². The molecule has 8 heteroatoms. The number of benzene rings is 2. The van der Waals surface area contributed by atoms with Gasteiger partial charge in [0, 0.05) is 23.7 Å². The van der Waals surface area contributed by atoms with Crippen molar-refractivity contribution in [3.05, 3.63) is 70.0 Å². The van der Waals surface area contributed by atoms with Crippen LogP contribution in [-0.2, 0) is 6.54 Å². The summed E-state index contributed by atoms with van der Waals surface area (Å²) < 4.78 is 48.8. The number of nitrogens with one attached hydrogen (secondary N) is 1. The topological polar surface area (TPSA) is 56.1 Å². The van der Waals surface area contributed by atoms with E-state index in [2.05, 4.69) is 10.3 Å². The van der Waals surface area contributed by atoms with Gasteiger partial charge >= 0.3 is 0 Å². The molecule has 172 valence electrons. The van der Waals surface area contributed by atoms with E-state index in [-0.39, 0.29) is 18.2 Å². The molecule has 1 heterocycles. The lowest BCUT2D eigenvalue weighted by Crippen LogP contribution is -2.34. The summed E-state index contributed by atoms with van der Waals surface area (Å²) in [5.74, 6) is -2.40. The van der Waals surface area contributed by atoms with E-state index in [9.17, 15) is 18.0 Å². The number of hydrogen-bond acceptors (Lipinski definition) is 4. The van der Waals surface area contributed by atoms with Gasteiger partial charge in [-0.3, -0.25) is 4.79 Å². The molecule has 0 bridgehead atoms. The Hall–Kier alpha value is -2.87. The van der Waals surface area contributed by atoms with Crippen molar-refractivity contribution in [3.63, 3.8) is 0 Å². The molecule has 0 unspecified atom stereocenters. The SMILES string of the molecule is CC.CNC1CCC(Oc2ccc3c(c2)c(=O)ncn3Cc2c(F)cc(F)cc2F)CC1. The molecular weight excluding hydrogens is 419 g/mol. The predicted molar refractivity (Wildman–Crippen MR) is 119 cm³/mol. The molecule has 1 aromatic heterocycles. The van der Waals surface area contributed by atoms with Gasteiger partial charge in [-0.25, -0.2) is 13.2 Å². The first-order valence-electron chi connectivity index (χ1n) is 10.9. The fourth-order valence-electron chi connectivity index (χ4n) is 3.95. The number of fused-ring (bicyclic) bond motifs is 1. The summed E-state index contributed by atoms with van der Waals surface area (Å²) >= 11 is 0. The number of rotatable bonds is 5. The van der Waals surface area contributed by atoms with Crippen molar-refractivity contribution in [2.24, 2.45) is 0 Å². The summed E-state index contributed by atoms with van der Waals surface area (Å²) in [6.45, 7) is 3.77. The van der Waals surface area contributed by atoms with Gasteiger partial charge in [0.05, 0.1) is 29.9 Å². The zero-order valence-corrected chi connectivity index (χ0v) is 18.5. The van der Waals surface area contributed by atoms with Crippen LogP contribution in [0.25, 0.3) is 10.9 Å². The van der Waals surface area contributed by atoms with Gasteiger partial charge in [0.25, 0.3) is 5.56 Å². The van der Waals surface area contributed by atoms with Crippen LogP contribution in [0.3, 0.4) is 0 Å². The van der Waals surface area contributed by atoms with Gasteiger partial charge < -0.3 is 14.6 Å². The summed E-state index contributed by atoms with van der Waals surface area (Å²) in [5, 5.41) is 3.57. The molecule has 0 spiro atoms. The van der Waals surface area contributed by atoms with Crippen LogP contribution in [0, 0.1) is 17.5 Å². The van der Waals surface area contributed by atoms with Crippen LogP contribution in [0.4, 0.5) is 13.2 Å². The van der Waals surface area contributed by atoms with Crippen LogP contribution in [0.2, 0.25) is 0 Å². The number of aromatic nitrogens is 2. The molecule has 1 N–H and O–H groups in total. The van der Waals surface area contributed by atoms with Gasteiger partial charge in [-0.05, 0) is 50.9 Å². The van der Waals surface area contributed by atoms with Crippen molar-refractivity contribution in [1.82, 2.24) is 14.9 Å². The molecule has 1 aliphatic carbocycles. The Morgan fingerprint density at radius 1 is 1.06 bits per heavy atom. The van der Waals surface area contributed by atoms with Crippen LogP contribution in [0.5, 0.6) is 5.75 Å². The largest absolute Gasteiger partial charge is 0.490 e. The minimum atomic E-state index is -0.989. The second-order valence-electron chi connectivity index (χ2n) is 7.58. The molecule has 0 atom stereocenters. The summed E-state index contributed by atoms with van der Waals surface area (Å²) in [5.41, 5.74) is -0.292. The van der Waals surface area contributed by atoms with E-state index >= 15 is 0 Å². The number of hydrogen-bond donors (Lipinski definition) is 1. The zero-order chi connectivity index (χ0) is 23.3. The normalized spacial score (nSPS) is 18.2. The highest BCUT2D eigenvalue weighted by Crippen LogP contribution is 2.26. The van der Waals surface area contributed by atoms with Gasteiger partial charge in [0.1, 0.15) is 23.2 Å². The average Bonchev–Trinajstić information content (AvgIpc) is 2.79. The van der Waals surface area contributed by atoms with Crippen LogP contribution >= 0.6 is 0 Å². The summed E-state index contributed by atoms with van der Waals surface area (Å²) in [6.07, 6.45) is 5.20. The second-order valence-corrected chi connectivity index (χ2v) is 7.58. The minimum absolute atomic E-state index is 0.0772. The average molecular weight is 448 g/mol. The molecule has 5 nitrogen and oxygen atoms in total. The molecule has 1 saturated carbocycles. The van der Waals surface area contributed by atoms with E-state index in [1.54, 1.807) is 18.2 Å². The van der Waals surface area contributed by atoms with Crippen molar-refractivity contribution in [2.75, 3.05) is 7.05 Å². The lowest BCUT2D eigenvalue weighted by atomic mass is 9.93. The Morgan fingerprint density at radius 3 is 2.34 bits per heavy atom. The summed E-state index contributed by atoms with van der Waals surface area (Å²) in [7, 11) is 1.96. The van der Waals surface area contributed by atoms with E-state index < -0.39 is 23.0 Å². The second kappa shape index (κ2) is 10.6. The third-order valence-corrected chi connectivity index (χ3v) is 5.64. The summed E-state index contributed by atoms with van der Waals surface area (Å²) in [4.78, 5) is 16.1. The molecule has 4 rings (SSSR count). The highest BCUT2D eigenvalue weighted by molar-refractivity contribution is 5.79. The van der Waals surface area contributed by atoms with Crippen LogP contribution in [-0.4, -0.2) is 28.7 Å². The molecule has 0 amide bonds. The Bertz CT molecular complexity index is 1100. The van der Waals surface area contributed by atoms with Crippen molar-refractivity contribution in [2.45, 2.75) is 58.2 Å². The minimum Gasteiger partial charge on any atom is -0.490 e. The molecule has 1 fully saturated rings. The molecule has 0 radical (unpaired) electrons. The van der Waals surface area contributed by atoms with E-state index in [1.165, 1.54) is 10.9 Å². The number of nitrogens with zero attached hydrogens (tertiary/aromatic N) is 2. The van der Waals surface area contributed by atoms with E-state index in [4.69, 9.17) is 4.74 Å². The Balaban J connectivity index is 0.00000141. The van der Waals surface area contributed by atoms with Gasteiger partial charge in [-0.2, -0.15) is 4.98 Å². The molecule has 32 heavy (non-hydrogen) atoms. The highest BCUT2D eigenvalue weighted by Gasteiger charge is 2.21. The predicted octanol–water partition coefficient (Wildman–Crippen LogP) is 4.80. The van der Waals surface area contributed by atoms with Gasteiger partial charge in [0.2, 0.25) is 0 Å². The Kier molecular flexibility index (Phi) is 7.90. The number of halogens is 3. The third kappa shape index (κ3) is 5.30. The van der Waals surface area contributed by atoms with Crippen molar-refractivity contribution >= 4 is 10.9 Å². The first-order valence-corrected chi connectivity index (χ1v) is 10.9. The maximum Gasteiger partial charge on any atom is 0.280 e. The third-order valence-electron chi connectivity index (χ3n) is 5.64.